The minimum atomic E-state index is -1.00. The third kappa shape index (κ3) is 1.71. The Morgan fingerprint density at radius 2 is 2.43 bits per heavy atom. The van der Waals surface area contributed by atoms with Crippen molar-refractivity contribution in [2.24, 2.45) is 0 Å². The maximum absolute atomic E-state index is 10.6. The first-order valence-corrected chi connectivity index (χ1v) is 5.37. The Bertz CT molecular complexity index is 477. The summed E-state index contributed by atoms with van der Waals surface area (Å²) in [6.45, 7) is 0. The summed E-state index contributed by atoms with van der Waals surface area (Å²) in [5, 5.41) is 10.6. The maximum atomic E-state index is 10.6. The van der Waals surface area contributed by atoms with Crippen LogP contribution in [0.3, 0.4) is 0 Å². The zero-order chi connectivity index (χ0) is 10.1. The van der Waals surface area contributed by atoms with E-state index in [9.17, 15) is 4.79 Å². The summed E-state index contributed by atoms with van der Waals surface area (Å²) in [6, 6.07) is 1.88. The summed E-state index contributed by atoms with van der Waals surface area (Å²) in [7, 11) is 0. The number of aromatic amines is 1. The van der Waals surface area contributed by atoms with Gasteiger partial charge in [-0.2, -0.15) is 0 Å². The first kappa shape index (κ1) is 9.42. The van der Waals surface area contributed by atoms with Gasteiger partial charge in [0, 0.05) is 9.85 Å². The fourth-order valence-electron chi connectivity index (χ4n) is 0.992. The molecule has 2 heterocycles. The third-order valence-corrected chi connectivity index (χ3v) is 3.30. The molecule has 14 heavy (non-hydrogen) atoms. The predicted molar refractivity (Wildman–Crippen MR) is 56.6 cm³/mol. The fourth-order valence-corrected chi connectivity index (χ4v) is 2.37. The number of H-pyrrole nitrogens is 1. The van der Waals surface area contributed by atoms with E-state index in [0.717, 1.165) is 9.35 Å². The van der Waals surface area contributed by atoms with E-state index in [1.807, 2.05) is 11.4 Å². The number of imidazole rings is 1. The van der Waals surface area contributed by atoms with Gasteiger partial charge in [-0.15, -0.1) is 11.3 Å². The molecule has 0 radical (unpaired) electrons. The van der Waals surface area contributed by atoms with Gasteiger partial charge in [-0.25, -0.2) is 9.78 Å². The van der Waals surface area contributed by atoms with Crippen LogP contribution in [0.15, 0.2) is 22.1 Å². The largest absolute Gasteiger partial charge is 0.477 e. The Labute approximate surface area is 91.7 Å². The molecular weight excluding hydrogens is 268 g/mol. The quantitative estimate of drug-likeness (QED) is 0.883. The lowest BCUT2D eigenvalue weighted by molar-refractivity contribution is 0.0691. The molecule has 2 rings (SSSR count). The fraction of sp³-hybridized carbons (Fsp3) is 0. The summed E-state index contributed by atoms with van der Waals surface area (Å²) in [4.78, 5) is 18.2. The SMILES string of the molecule is O=C(O)c1cnc(-c2cc(Br)cs2)[nH]1. The zero-order valence-corrected chi connectivity index (χ0v) is 9.22. The summed E-state index contributed by atoms with van der Waals surface area (Å²) in [5.74, 6) is -0.419. The van der Waals surface area contributed by atoms with E-state index in [1.165, 1.54) is 17.5 Å². The van der Waals surface area contributed by atoms with Gasteiger partial charge in [0.15, 0.2) is 0 Å². The van der Waals surface area contributed by atoms with Crippen molar-refractivity contribution in [3.8, 4) is 10.7 Å². The molecule has 72 valence electrons. The van der Waals surface area contributed by atoms with Crippen molar-refractivity contribution in [3.63, 3.8) is 0 Å². The number of rotatable bonds is 2. The highest BCUT2D eigenvalue weighted by atomic mass is 79.9. The molecule has 0 saturated heterocycles. The van der Waals surface area contributed by atoms with Crippen LogP contribution in [0.25, 0.3) is 10.7 Å². The second-order valence-electron chi connectivity index (χ2n) is 2.58. The third-order valence-electron chi connectivity index (χ3n) is 1.61. The van der Waals surface area contributed by atoms with Crippen molar-refractivity contribution in [1.82, 2.24) is 9.97 Å². The average Bonchev–Trinajstić information content (AvgIpc) is 2.70. The molecule has 2 aromatic heterocycles. The van der Waals surface area contributed by atoms with Crippen molar-refractivity contribution in [3.05, 3.63) is 27.8 Å². The maximum Gasteiger partial charge on any atom is 0.353 e. The molecule has 0 fully saturated rings. The van der Waals surface area contributed by atoms with E-state index < -0.39 is 5.97 Å². The molecule has 4 nitrogen and oxygen atoms in total. The van der Waals surface area contributed by atoms with E-state index in [1.54, 1.807) is 0 Å². The summed E-state index contributed by atoms with van der Waals surface area (Å²) in [5.41, 5.74) is 0.101. The van der Waals surface area contributed by atoms with Gasteiger partial charge in [-0.3, -0.25) is 0 Å². The normalized spacial score (nSPS) is 10.4. The number of aromatic nitrogens is 2. The van der Waals surface area contributed by atoms with Crippen LogP contribution in [0, 0.1) is 0 Å². The van der Waals surface area contributed by atoms with Crippen LogP contribution < -0.4 is 0 Å². The van der Waals surface area contributed by atoms with E-state index in [-0.39, 0.29) is 5.69 Å². The van der Waals surface area contributed by atoms with Crippen LogP contribution in [0.5, 0.6) is 0 Å². The average molecular weight is 273 g/mol. The summed E-state index contributed by atoms with van der Waals surface area (Å²) in [6.07, 6.45) is 1.31. The lowest BCUT2D eigenvalue weighted by Gasteiger charge is -1.88. The number of carboxylic acid groups (broad SMARTS) is 1. The van der Waals surface area contributed by atoms with Crippen LogP contribution in [0.1, 0.15) is 10.5 Å². The number of nitrogens with zero attached hydrogens (tertiary/aromatic N) is 1. The van der Waals surface area contributed by atoms with Gasteiger partial charge < -0.3 is 10.1 Å². The van der Waals surface area contributed by atoms with Crippen LogP contribution in [-0.2, 0) is 0 Å². The molecule has 0 aromatic carbocycles. The highest BCUT2D eigenvalue weighted by molar-refractivity contribution is 9.10. The number of hydrogen-bond acceptors (Lipinski definition) is 3. The minimum absolute atomic E-state index is 0.101. The number of aromatic carboxylic acids is 1. The van der Waals surface area contributed by atoms with E-state index in [4.69, 9.17) is 5.11 Å². The molecule has 0 aliphatic rings. The van der Waals surface area contributed by atoms with E-state index in [2.05, 4.69) is 25.9 Å². The highest BCUT2D eigenvalue weighted by Gasteiger charge is 2.09. The van der Waals surface area contributed by atoms with E-state index >= 15 is 0 Å². The van der Waals surface area contributed by atoms with Crippen molar-refractivity contribution < 1.29 is 9.90 Å². The summed E-state index contributed by atoms with van der Waals surface area (Å²) < 4.78 is 0.964. The molecule has 0 saturated carbocycles. The monoisotopic (exact) mass is 272 g/mol. The second kappa shape index (κ2) is 3.55. The molecule has 0 aliphatic heterocycles. The lowest BCUT2D eigenvalue weighted by atomic mass is 10.4. The molecule has 2 aromatic rings. The number of halogens is 1. The Balaban J connectivity index is 2.38. The van der Waals surface area contributed by atoms with Crippen molar-refractivity contribution >= 4 is 33.2 Å². The van der Waals surface area contributed by atoms with Crippen molar-refractivity contribution in [2.75, 3.05) is 0 Å². The Hall–Kier alpha value is -1.14. The van der Waals surface area contributed by atoms with E-state index in [0.29, 0.717) is 5.82 Å². The Morgan fingerprint density at radius 3 is 2.93 bits per heavy atom. The molecule has 0 aliphatic carbocycles. The molecule has 2 N–H and O–H groups in total. The smallest absolute Gasteiger partial charge is 0.353 e. The number of thiophene rings is 1. The van der Waals surface area contributed by atoms with Crippen LogP contribution >= 0.6 is 27.3 Å². The van der Waals surface area contributed by atoms with Gasteiger partial charge in [0.2, 0.25) is 0 Å². The lowest BCUT2D eigenvalue weighted by Crippen LogP contribution is -1.95. The minimum Gasteiger partial charge on any atom is -0.477 e. The van der Waals surface area contributed by atoms with Crippen molar-refractivity contribution in [1.29, 1.82) is 0 Å². The van der Waals surface area contributed by atoms with Gasteiger partial charge in [-0.1, -0.05) is 0 Å². The van der Waals surface area contributed by atoms with Crippen LogP contribution in [-0.4, -0.2) is 21.0 Å². The number of hydrogen-bond donors (Lipinski definition) is 2. The molecule has 0 unspecified atom stereocenters. The van der Waals surface area contributed by atoms with Gasteiger partial charge in [-0.05, 0) is 22.0 Å². The first-order valence-electron chi connectivity index (χ1n) is 3.69. The zero-order valence-electron chi connectivity index (χ0n) is 6.82. The number of carboxylic acids is 1. The molecule has 0 atom stereocenters. The van der Waals surface area contributed by atoms with Crippen LogP contribution in [0.2, 0.25) is 0 Å². The highest BCUT2D eigenvalue weighted by Crippen LogP contribution is 2.27. The molecule has 0 amide bonds. The Kier molecular flexibility index (Phi) is 2.39. The standard InChI is InChI=1S/C8H5BrN2O2S/c9-4-1-6(14-3-4)7-10-2-5(11-7)8(12)13/h1-3H,(H,10,11)(H,12,13). The molecule has 0 spiro atoms. The van der Waals surface area contributed by atoms with Gasteiger partial charge in [0.05, 0.1) is 11.1 Å². The van der Waals surface area contributed by atoms with Gasteiger partial charge >= 0.3 is 5.97 Å². The molecule has 6 heteroatoms. The molecule has 0 bridgehead atoms. The van der Waals surface area contributed by atoms with Gasteiger partial charge in [0.25, 0.3) is 0 Å². The number of carbonyl (C=O) groups is 1. The molecular formula is C8H5BrN2O2S. The number of nitrogens with one attached hydrogen (secondary N) is 1. The topological polar surface area (TPSA) is 66.0 Å². The second-order valence-corrected chi connectivity index (χ2v) is 4.41. The van der Waals surface area contributed by atoms with Gasteiger partial charge in [0.1, 0.15) is 11.5 Å². The predicted octanol–water partition coefficient (Wildman–Crippen LogP) is 2.60. The first-order chi connectivity index (χ1) is 6.66. The Morgan fingerprint density at radius 1 is 1.64 bits per heavy atom. The summed E-state index contributed by atoms with van der Waals surface area (Å²) >= 11 is 4.81. The van der Waals surface area contributed by atoms with Crippen molar-refractivity contribution in [2.45, 2.75) is 0 Å². The van der Waals surface area contributed by atoms with Crippen LogP contribution in [0.4, 0.5) is 0 Å².